The molecular weight excluding hydrogens is 747 g/mol. The number of likely N-dealkylation sites (tertiary alicyclic amines) is 1. The molecule has 0 unspecified atom stereocenters. The number of hydrogen-bond donors (Lipinski definition) is 2. The van der Waals surface area contributed by atoms with Crippen LogP contribution in [-0.4, -0.2) is 129 Å². The van der Waals surface area contributed by atoms with Crippen molar-refractivity contribution in [2.45, 2.75) is 155 Å². The highest BCUT2D eigenvalue weighted by molar-refractivity contribution is 5.91. The molecule has 336 valence electrons. The summed E-state index contributed by atoms with van der Waals surface area (Å²) in [7, 11) is 8.72. The Kier molecular flexibility index (Phi) is 23.1. The molecule has 0 aromatic heterocycles. The Morgan fingerprint density at radius 2 is 1.51 bits per heavy atom. The molecule has 59 heavy (non-hydrogen) atoms. The van der Waals surface area contributed by atoms with Crippen molar-refractivity contribution in [3.05, 3.63) is 35.9 Å². The molecule has 1 aromatic carbocycles. The molecule has 1 fully saturated rings. The molecule has 1 aromatic rings. The minimum atomic E-state index is -0.682. The molecule has 12 nitrogen and oxygen atoms in total. The van der Waals surface area contributed by atoms with E-state index in [1.165, 1.54) is 0 Å². The zero-order valence-electron chi connectivity index (χ0n) is 38.7. The lowest BCUT2D eigenvalue weighted by atomic mass is 9.83. The Hall–Kier alpha value is -3.19. The number of benzene rings is 1. The standard InChI is InChI=1S/C47H81N5O7/c1-13-33(6)44(51(10)47(57)36(31(2)3)29-40(54)43(32(4)5)50(8)9)41(58-11)30-42(55)52-27-21-24-38(52)45(59-12)34(7)46(56)49-37(28-35-22-17-16-18-23-35)39(53)25-19-14-15-20-26-48/h16-18,22-23,31-34,36-38,41,43-45H,13-15,19-21,24-30,48H2,1-12H3,(H,49,56)/t33-,34+,36-,37-,38-,41+,43-,44-,45+/m0/s1. The summed E-state index contributed by atoms with van der Waals surface area (Å²) in [5.74, 6) is -1.63. The predicted molar refractivity (Wildman–Crippen MR) is 236 cm³/mol. The van der Waals surface area contributed by atoms with Gasteiger partial charge < -0.3 is 30.3 Å². The van der Waals surface area contributed by atoms with E-state index in [0.717, 1.165) is 44.1 Å². The molecule has 0 radical (unpaired) electrons. The fraction of sp³-hybridized carbons (Fsp3) is 0.766. The van der Waals surface area contributed by atoms with E-state index < -0.39 is 36.1 Å². The van der Waals surface area contributed by atoms with Gasteiger partial charge in [0.15, 0.2) is 11.6 Å². The maximum Gasteiger partial charge on any atom is 0.226 e. The van der Waals surface area contributed by atoms with Crippen LogP contribution in [0.3, 0.4) is 0 Å². The van der Waals surface area contributed by atoms with Crippen LogP contribution in [0.15, 0.2) is 30.3 Å². The lowest BCUT2D eigenvalue weighted by Gasteiger charge is -2.41. The van der Waals surface area contributed by atoms with Gasteiger partial charge in [0.1, 0.15) is 0 Å². The lowest BCUT2D eigenvalue weighted by Crippen LogP contribution is -2.55. The molecule has 3 amide bonds. The van der Waals surface area contributed by atoms with Gasteiger partial charge in [0.05, 0.1) is 48.7 Å². The van der Waals surface area contributed by atoms with Crippen molar-refractivity contribution in [3.8, 4) is 0 Å². The number of nitrogens with two attached hydrogens (primary N) is 1. The zero-order chi connectivity index (χ0) is 44.4. The van der Waals surface area contributed by atoms with Gasteiger partial charge in [0.25, 0.3) is 0 Å². The molecule has 2 rings (SSSR count). The first kappa shape index (κ1) is 51.9. The first-order valence-corrected chi connectivity index (χ1v) is 22.3. The van der Waals surface area contributed by atoms with Gasteiger partial charge in [0.2, 0.25) is 17.7 Å². The molecule has 0 aliphatic carbocycles. The SMILES string of the molecule is CC[C@H](C)[C@@H]([C@@H](CC(=O)N1CCC[C@H]1[C@H](OC)[C@@H](C)C(=O)N[C@@H](Cc1ccccc1)C(=O)CCCCCCN)OC)N(C)C(=O)[C@@H](CC(=O)[C@H](C(C)C)N(C)C)C(C)C. The van der Waals surface area contributed by atoms with Crippen molar-refractivity contribution in [2.24, 2.45) is 35.3 Å². The number of hydrogen-bond acceptors (Lipinski definition) is 9. The van der Waals surface area contributed by atoms with E-state index in [1.807, 2.05) is 81.9 Å². The van der Waals surface area contributed by atoms with Crippen LogP contribution in [0.25, 0.3) is 0 Å². The minimum absolute atomic E-state index is 0.00154. The molecule has 9 atom stereocenters. The number of carbonyl (C=O) groups excluding carboxylic acids is 5. The molecule has 3 N–H and O–H groups in total. The van der Waals surface area contributed by atoms with E-state index in [4.69, 9.17) is 15.2 Å². The van der Waals surface area contributed by atoms with Crippen LogP contribution in [0.2, 0.25) is 0 Å². The lowest BCUT2D eigenvalue weighted by molar-refractivity contribution is -0.149. The second-order valence-electron chi connectivity index (χ2n) is 17.9. The normalized spacial score (nSPS) is 18.6. The van der Waals surface area contributed by atoms with E-state index in [0.29, 0.717) is 32.4 Å². The van der Waals surface area contributed by atoms with E-state index in [2.05, 4.69) is 19.2 Å². The molecule has 0 spiro atoms. The van der Waals surface area contributed by atoms with Crippen LogP contribution in [0, 0.1) is 29.6 Å². The highest BCUT2D eigenvalue weighted by Crippen LogP contribution is 2.31. The van der Waals surface area contributed by atoms with Crippen molar-refractivity contribution in [3.63, 3.8) is 0 Å². The first-order valence-electron chi connectivity index (χ1n) is 22.3. The average molecular weight is 828 g/mol. The quantitative estimate of drug-likeness (QED) is 0.0981. The van der Waals surface area contributed by atoms with Crippen molar-refractivity contribution >= 4 is 29.3 Å². The van der Waals surface area contributed by atoms with Crippen molar-refractivity contribution in [1.82, 2.24) is 20.0 Å². The Balaban J connectivity index is 2.28. The summed E-state index contributed by atoms with van der Waals surface area (Å²) >= 11 is 0. The van der Waals surface area contributed by atoms with Crippen LogP contribution in [0.1, 0.15) is 118 Å². The van der Waals surface area contributed by atoms with Gasteiger partial charge >= 0.3 is 0 Å². The summed E-state index contributed by atoms with van der Waals surface area (Å²) in [5.41, 5.74) is 6.61. The molecule has 1 aliphatic rings. The number of ketones is 2. The van der Waals surface area contributed by atoms with E-state index in [9.17, 15) is 24.0 Å². The topological polar surface area (TPSA) is 152 Å². The Morgan fingerprint density at radius 3 is 2.05 bits per heavy atom. The van der Waals surface area contributed by atoms with Crippen molar-refractivity contribution < 1.29 is 33.4 Å². The number of amides is 3. The van der Waals surface area contributed by atoms with Crippen LogP contribution in [0.5, 0.6) is 0 Å². The number of Topliss-reactive ketones (excluding diaryl/α,β-unsaturated/α-hetero) is 2. The van der Waals surface area contributed by atoms with Gasteiger partial charge in [-0.3, -0.25) is 28.9 Å². The third-order valence-electron chi connectivity index (χ3n) is 12.7. The predicted octanol–water partition coefficient (Wildman–Crippen LogP) is 5.93. The van der Waals surface area contributed by atoms with E-state index in [-0.39, 0.29) is 72.0 Å². The van der Waals surface area contributed by atoms with E-state index in [1.54, 1.807) is 33.1 Å². The summed E-state index contributed by atoms with van der Waals surface area (Å²) < 4.78 is 12.1. The number of ether oxygens (including phenoxy) is 2. The van der Waals surface area contributed by atoms with Crippen molar-refractivity contribution in [1.29, 1.82) is 0 Å². The van der Waals surface area contributed by atoms with Gasteiger partial charge in [-0.05, 0) is 76.1 Å². The highest BCUT2D eigenvalue weighted by Gasteiger charge is 2.43. The number of carbonyl (C=O) groups is 5. The Morgan fingerprint density at radius 1 is 0.864 bits per heavy atom. The largest absolute Gasteiger partial charge is 0.379 e. The monoisotopic (exact) mass is 828 g/mol. The van der Waals surface area contributed by atoms with Crippen LogP contribution in [0.4, 0.5) is 0 Å². The maximum atomic E-state index is 14.4. The number of methoxy groups -OCH3 is 2. The van der Waals surface area contributed by atoms with Crippen molar-refractivity contribution in [2.75, 3.05) is 48.5 Å². The molecule has 0 saturated carbocycles. The van der Waals surface area contributed by atoms with Crippen LogP contribution >= 0.6 is 0 Å². The Labute approximate surface area is 357 Å². The third-order valence-corrected chi connectivity index (χ3v) is 12.7. The second kappa shape index (κ2) is 26.2. The van der Waals surface area contributed by atoms with Gasteiger partial charge in [-0.1, -0.05) is 98.1 Å². The van der Waals surface area contributed by atoms with Gasteiger partial charge in [-0.25, -0.2) is 0 Å². The Bertz CT molecular complexity index is 1430. The fourth-order valence-electron chi connectivity index (χ4n) is 9.14. The second-order valence-corrected chi connectivity index (χ2v) is 17.9. The van der Waals surface area contributed by atoms with Gasteiger partial charge in [-0.15, -0.1) is 0 Å². The maximum absolute atomic E-state index is 14.4. The molecule has 1 aliphatic heterocycles. The minimum Gasteiger partial charge on any atom is -0.379 e. The number of unbranched alkanes of at least 4 members (excludes halogenated alkanes) is 3. The number of nitrogens with zero attached hydrogens (tertiary/aromatic N) is 3. The molecule has 12 heteroatoms. The third kappa shape index (κ3) is 15.3. The van der Waals surface area contributed by atoms with E-state index >= 15 is 0 Å². The summed E-state index contributed by atoms with van der Waals surface area (Å²) in [6.45, 7) is 15.1. The molecule has 1 heterocycles. The number of likely N-dealkylation sites (N-methyl/N-ethyl adjacent to an activating group) is 2. The van der Waals surface area contributed by atoms with Crippen LogP contribution < -0.4 is 11.1 Å². The molecule has 0 bridgehead atoms. The van der Waals surface area contributed by atoms with Gasteiger partial charge in [0, 0.05) is 46.6 Å². The zero-order valence-corrected chi connectivity index (χ0v) is 38.7. The van der Waals surface area contributed by atoms with Gasteiger partial charge in [-0.2, -0.15) is 0 Å². The smallest absolute Gasteiger partial charge is 0.226 e. The summed E-state index contributed by atoms with van der Waals surface area (Å²) in [6, 6.07) is 7.95. The fourth-order valence-corrected chi connectivity index (χ4v) is 9.14. The average Bonchev–Trinajstić information content (AvgIpc) is 3.68. The molecule has 1 saturated heterocycles. The summed E-state index contributed by atoms with van der Waals surface area (Å²) in [5, 5.41) is 3.07. The van der Waals surface area contributed by atoms with Crippen LogP contribution in [-0.2, 0) is 39.9 Å². The number of nitrogens with one attached hydrogen (secondary N) is 1. The summed E-state index contributed by atoms with van der Waals surface area (Å²) in [6.07, 6.45) is 5.45. The molecular formula is C47H81N5O7. The number of rotatable bonds is 28. The first-order chi connectivity index (χ1) is 27.9. The highest BCUT2D eigenvalue weighted by atomic mass is 16.5. The summed E-state index contributed by atoms with van der Waals surface area (Å²) in [4.78, 5) is 75.3.